The number of halogens is 3. The van der Waals surface area contributed by atoms with Gasteiger partial charge in [0.15, 0.2) is 6.10 Å². The van der Waals surface area contributed by atoms with Gasteiger partial charge in [0.05, 0.1) is 0 Å². The summed E-state index contributed by atoms with van der Waals surface area (Å²) in [4.78, 5) is 4.02. The summed E-state index contributed by atoms with van der Waals surface area (Å²) in [5.74, 6) is 0.00489. The fourth-order valence-corrected chi connectivity index (χ4v) is 1.88. The Morgan fingerprint density at radius 2 is 1.90 bits per heavy atom. The van der Waals surface area contributed by atoms with Crippen molar-refractivity contribution in [1.82, 2.24) is 10.3 Å². The summed E-state index contributed by atoms with van der Waals surface area (Å²) in [5, 5.41) is 4.41. The van der Waals surface area contributed by atoms with Crippen LogP contribution in [0.25, 0.3) is 10.8 Å². The van der Waals surface area contributed by atoms with Gasteiger partial charge in [-0.15, -0.1) is 0 Å². The number of ether oxygens (including phenoxy) is 1. The third kappa shape index (κ3) is 3.01. The third-order valence-electron chi connectivity index (χ3n) is 2.96. The second-order valence-electron chi connectivity index (χ2n) is 4.47. The summed E-state index contributed by atoms with van der Waals surface area (Å²) in [6.07, 6.45) is -4.77. The van der Waals surface area contributed by atoms with Crippen LogP contribution in [0, 0.1) is 0 Å². The van der Waals surface area contributed by atoms with E-state index in [1.165, 1.54) is 6.20 Å². The molecule has 0 amide bonds. The van der Waals surface area contributed by atoms with Gasteiger partial charge in [0.1, 0.15) is 0 Å². The molecule has 1 aromatic carbocycles. The Hall–Kier alpha value is -1.82. The van der Waals surface area contributed by atoms with Gasteiger partial charge in [-0.25, -0.2) is 4.98 Å². The Labute approximate surface area is 114 Å². The van der Waals surface area contributed by atoms with Crippen molar-refractivity contribution < 1.29 is 17.9 Å². The number of nitrogens with one attached hydrogen (secondary N) is 1. The first-order chi connectivity index (χ1) is 9.43. The average molecular weight is 284 g/mol. The summed E-state index contributed by atoms with van der Waals surface area (Å²) in [7, 11) is 1.80. The lowest BCUT2D eigenvalue weighted by Gasteiger charge is -2.18. The van der Waals surface area contributed by atoms with Crippen molar-refractivity contribution in [2.75, 3.05) is 7.05 Å². The summed E-state index contributed by atoms with van der Waals surface area (Å²) in [6, 6.07) is 7.13. The standard InChI is InChI=1S/C14H15F3N2O/c1-9(14(15,16)17)20-13-12-6-4-3-5-11(12)10(7-18-2)8-19-13/h3-6,8-9,18H,7H2,1-2H3. The van der Waals surface area contributed by atoms with Gasteiger partial charge in [-0.1, -0.05) is 18.2 Å². The van der Waals surface area contributed by atoms with Crippen molar-refractivity contribution in [2.45, 2.75) is 25.7 Å². The molecule has 3 nitrogen and oxygen atoms in total. The molecular weight excluding hydrogens is 269 g/mol. The van der Waals surface area contributed by atoms with Crippen LogP contribution in [0.4, 0.5) is 13.2 Å². The van der Waals surface area contributed by atoms with Crippen LogP contribution in [0.15, 0.2) is 30.5 Å². The third-order valence-corrected chi connectivity index (χ3v) is 2.96. The molecule has 2 aromatic rings. The van der Waals surface area contributed by atoms with E-state index in [0.29, 0.717) is 11.9 Å². The topological polar surface area (TPSA) is 34.2 Å². The smallest absolute Gasteiger partial charge is 0.425 e. The van der Waals surface area contributed by atoms with E-state index in [2.05, 4.69) is 10.3 Å². The molecule has 20 heavy (non-hydrogen) atoms. The highest BCUT2D eigenvalue weighted by Gasteiger charge is 2.38. The summed E-state index contributed by atoms with van der Waals surface area (Å²) < 4.78 is 42.7. The first-order valence-corrected chi connectivity index (χ1v) is 6.18. The quantitative estimate of drug-likeness (QED) is 0.935. The molecule has 0 fully saturated rings. The Kier molecular flexibility index (Phi) is 4.13. The number of hydrogen-bond donors (Lipinski definition) is 1. The minimum Gasteiger partial charge on any atom is -0.465 e. The maximum Gasteiger partial charge on any atom is 0.425 e. The van der Waals surface area contributed by atoms with Crippen LogP contribution in [0.3, 0.4) is 0 Å². The molecule has 1 unspecified atom stereocenters. The zero-order chi connectivity index (χ0) is 14.8. The number of aromatic nitrogens is 1. The normalized spacial score (nSPS) is 13.4. The van der Waals surface area contributed by atoms with E-state index in [1.54, 1.807) is 19.2 Å². The van der Waals surface area contributed by atoms with Crippen molar-refractivity contribution >= 4 is 10.8 Å². The SMILES string of the molecule is CNCc1cnc(OC(C)C(F)(F)F)c2ccccc12. The van der Waals surface area contributed by atoms with Crippen molar-refractivity contribution in [3.8, 4) is 5.88 Å². The highest BCUT2D eigenvalue weighted by atomic mass is 19.4. The van der Waals surface area contributed by atoms with Gasteiger partial charge in [0, 0.05) is 18.1 Å². The second kappa shape index (κ2) is 5.66. The molecule has 1 heterocycles. The predicted octanol–water partition coefficient (Wildman–Crippen LogP) is 3.28. The molecule has 0 aliphatic carbocycles. The van der Waals surface area contributed by atoms with E-state index in [9.17, 15) is 13.2 Å². The second-order valence-corrected chi connectivity index (χ2v) is 4.47. The average Bonchev–Trinajstić information content (AvgIpc) is 2.40. The Bertz CT molecular complexity index is 598. The maximum atomic E-state index is 12.6. The molecule has 2 rings (SSSR count). The molecule has 0 spiro atoms. The van der Waals surface area contributed by atoms with Crippen LogP contribution < -0.4 is 10.1 Å². The highest BCUT2D eigenvalue weighted by Crippen LogP contribution is 2.30. The maximum absolute atomic E-state index is 12.6. The lowest BCUT2D eigenvalue weighted by atomic mass is 10.1. The van der Waals surface area contributed by atoms with Gasteiger partial charge < -0.3 is 10.1 Å². The predicted molar refractivity (Wildman–Crippen MR) is 70.7 cm³/mol. The van der Waals surface area contributed by atoms with Gasteiger partial charge in [0.2, 0.25) is 5.88 Å². The van der Waals surface area contributed by atoms with Crippen LogP contribution in [0.5, 0.6) is 5.88 Å². The van der Waals surface area contributed by atoms with Gasteiger partial charge >= 0.3 is 6.18 Å². The minimum atomic E-state index is -4.41. The van der Waals surface area contributed by atoms with Crippen molar-refractivity contribution in [1.29, 1.82) is 0 Å². The zero-order valence-electron chi connectivity index (χ0n) is 11.2. The van der Waals surface area contributed by atoms with Crippen molar-refractivity contribution in [3.63, 3.8) is 0 Å². The molecule has 0 bridgehead atoms. The first-order valence-electron chi connectivity index (χ1n) is 6.18. The Morgan fingerprint density at radius 3 is 2.50 bits per heavy atom. The molecule has 1 aromatic heterocycles. The molecule has 6 heteroatoms. The Morgan fingerprint density at radius 1 is 1.25 bits per heavy atom. The van der Waals surface area contributed by atoms with Crippen LogP contribution in [-0.4, -0.2) is 24.3 Å². The summed E-state index contributed by atoms with van der Waals surface area (Å²) in [5.41, 5.74) is 0.912. The van der Waals surface area contributed by atoms with E-state index < -0.39 is 12.3 Å². The van der Waals surface area contributed by atoms with Crippen molar-refractivity contribution in [2.24, 2.45) is 0 Å². The molecule has 0 saturated heterocycles. The number of nitrogens with zero attached hydrogens (tertiary/aromatic N) is 1. The molecule has 1 atom stereocenters. The summed E-state index contributed by atoms with van der Waals surface area (Å²) in [6.45, 7) is 1.56. The molecular formula is C14H15F3N2O. The molecule has 108 valence electrons. The fourth-order valence-electron chi connectivity index (χ4n) is 1.88. The highest BCUT2D eigenvalue weighted by molar-refractivity contribution is 5.89. The number of rotatable bonds is 4. The van der Waals surface area contributed by atoms with Gasteiger partial charge in [0.25, 0.3) is 0 Å². The van der Waals surface area contributed by atoms with Crippen molar-refractivity contribution in [3.05, 3.63) is 36.0 Å². The first kappa shape index (κ1) is 14.6. The van der Waals surface area contributed by atoms with E-state index in [4.69, 9.17) is 4.74 Å². The molecule has 0 aliphatic heterocycles. The molecule has 0 aliphatic rings. The summed E-state index contributed by atoms with van der Waals surface area (Å²) >= 11 is 0. The van der Waals surface area contributed by atoms with E-state index in [0.717, 1.165) is 17.9 Å². The lowest BCUT2D eigenvalue weighted by molar-refractivity contribution is -0.189. The number of hydrogen-bond acceptors (Lipinski definition) is 3. The largest absolute Gasteiger partial charge is 0.465 e. The fraction of sp³-hybridized carbons (Fsp3) is 0.357. The van der Waals surface area contributed by atoms with Gasteiger partial charge in [-0.05, 0) is 31.0 Å². The van der Waals surface area contributed by atoms with Gasteiger partial charge in [-0.2, -0.15) is 13.2 Å². The van der Waals surface area contributed by atoms with Crippen LogP contribution in [0.1, 0.15) is 12.5 Å². The Balaban J connectivity index is 2.43. The van der Waals surface area contributed by atoms with Gasteiger partial charge in [-0.3, -0.25) is 0 Å². The molecule has 0 saturated carbocycles. The number of alkyl halides is 3. The van der Waals surface area contributed by atoms with E-state index >= 15 is 0 Å². The van der Waals surface area contributed by atoms with Crippen LogP contribution in [-0.2, 0) is 6.54 Å². The molecule has 0 radical (unpaired) electrons. The lowest BCUT2D eigenvalue weighted by Crippen LogP contribution is -2.31. The van der Waals surface area contributed by atoms with E-state index in [-0.39, 0.29) is 5.88 Å². The molecule has 1 N–H and O–H groups in total. The van der Waals surface area contributed by atoms with Crippen LogP contribution >= 0.6 is 0 Å². The zero-order valence-corrected chi connectivity index (χ0v) is 11.2. The van der Waals surface area contributed by atoms with Crippen LogP contribution in [0.2, 0.25) is 0 Å². The number of fused-ring (bicyclic) bond motifs is 1. The monoisotopic (exact) mass is 284 g/mol. The number of pyridine rings is 1. The minimum absolute atomic E-state index is 0.00489. The van der Waals surface area contributed by atoms with E-state index in [1.807, 2.05) is 12.1 Å². The number of benzene rings is 1.